The molecular weight excluding hydrogens is 470 g/mol. The number of nitrogens with one attached hydrogen (secondary N) is 2. The first kappa shape index (κ1) is 24.1. The molecule has 1 aromatic heterocycles. The molecule has 5 nitrogen and oxygen atoms in total. The molecule has 1 saturated heterocycles. The minimum atomic E-state index is -0.141. The molecule has 1 fully saturated rings. The molecule has 1 aliphatic rings. The third-order valence-electron chi connectivity index (χ3n) is 6.65. The molecule has 5 aromatic rings. The molecular formula is C30H28ClN3O2. The van der Waals surface area contributed by atoms with E-state index < -0.39 is 0 Å². The highest BCUT2D eigenvalue weighted by molar-refractivity contribution is 6.08. The lowest BCUT2D eigenvalue weighted by Crippen LogP contribution is -2.42. The number of amides is 1. The molecule has 2 heterocycles. The van der Waals surface area contributed by atoms with E-state index >= 15 is 0 Å². The minimum absolute atomic E-state index is 0. The Labute approximate surface area is 216 Å². The normalized spacial score (nSPS) is 14.0. The van der Waals surface area contributed by atoms with Crippen molar-refractivity contribution < 1.29 is 9.21 Å². The standard InChI is InChI=1S/C30H27N3O2.ClH/c34-30(24-11-10-22-5-1-2-6-23(22)18-24)32-27-8-4-3-7-26(27)29-19-25-17-21(9-12-28(25)35-29)20-33-15-13-31-14-16-33;/h1-12,17-19,31H,13-16,20H2,(H,32,34);1H. The molecule has 0 saturated carbocycles. The highest BCUT2D eigenvalue weighted by Gasteiger charge is 2.15. The van der Waals surface area contributed by atoms with Gasteiger partial charge >= 0.3 is 0 Å². The van der Waals surface area contributed by atoms with Gasteiger partial charge in [0.1, 0.15) is 11.3 Å². The van der Waals surface area contributed by atoms with E-state index in [9.17, 15) is 4.79 Å². The van der Waals surface area contributed by atoms with Crippen LogP contribution in [0.5, 0.6) is 0 Å². The lowest BCUT2D eigenvalue weighted by Gasteiger charge is -2.27. The summed E-state index contributed by atoms with van der Waals surface area (Å²) in [5, 5.41) is 9.72. The zero-order valence-electron chi connectivity index (χ0n) is 19.9. The van der Waals surface area contributed by atoms with Crippen molar-refractivity contribution in [1.82, 2.24) is 10.2 Å². The molecule has 0 aliphatic carbocycles. The monoisotopic (exact) mass is 497 g/mol. The summed E-state index contributed by atoms with van der Waals surface area (Å²) in [6.07, 6.45) is 0. The first-order valence-electron chi connectivity index (χ1n) is 12.1. The number of fused-ring (bicyclic) bond motifs is 2. The number of benzene rings is 4. The van der Waals surface area contributed by atoms with Crippen molar-refractivity contribution >= 4 is 45.7 Å². The van der Waals surface area contributed by atoms with Crippen molar-refractivity contribution in [2.45, 2.75) is 6.54 Å². The van der Waals surface area contributed by atoms with Crippen molar-refractivity contribution in [3.05, 3.63) is 102 Å². The lowest BCUT2D eigenvalue weighted by molar-refractivity contribution is 0.102. The maximum Gasteiger partial charge on any atom is 0.255 e. The molecule has 6 heteroatoms. The van der Waals surface area contributed by atoms with E-state index in [4.69, 9.17) is 4.42 Å². The molecule has 6 rings (SSSR count). The summed E-state index contributed by atoms with van der Waals surface area (Å²) in [4.78, 5) is 15.6. The number of nitrogens with zero attached hydrogens (tertiary/aromatic N) is 1. The van der Waals surface area contributed by atoms with Crippen LogP contribution < -0.4 is 10.6 Å². The molecule has 4 aromatic carbocycles. The summed E-state index contributed by atoms with van der Waals surface area (Å²) in [6.45, 7) is 5.16. The minimum Gasteiger partial charge on any atom is -0.456 e. The zero-order valence-corrected chi connectivity index (χ0v) is 20.7. The van der Waals surface area contributed by atoms with Gasteiger partial charge in [0.15, 0.2) is 0 Å². The first-order chi connectivity index (χ1) is 17.2. The van der Waals surface area contributed by atoms with Crippen LogP contribution in [0.15, 0.2) is 95.4 Å². The fraction of sp³-hybridized carbons (Fsp3) is 0.167. The summed E-state index contributed by atoms with van der Waals surface area (Å²) in [7, 11) is 0. The second-order valence-corrected chi connectivity index (χ2v) is 9.07. The van der Waals surface area contributed by atoms with Crippen LogP contribution in [-0.2, 0) is 6.54 Å². The van der Waals surface area contributed by atoms with E-state index in [1.165, 1.54) is 5.56 Å². The van der Waals surface area contributed by atoms with E-state index in [-0.39, 0.29) is 18.3 Å². The van der Waals surface area contributed by atoms with E-state index in [1.54, 1.807) is 0 Å². The predicted octanol–water partition coefficient (Wildman–Crippen LogP) is 6.33. The van der Waals surface area contributed by atoms with Crippen molar-refractivity contribution in [1.29, 1.82) is 0 Å². The zero-order chi connectivity index (χ0) is 23.6. The van der Waals surface area contributed by atoms with Crippen LogP contribution >= 0.6 is 12.4 Å². The smallest absolute Gasteiger partial charge is 0.255 e. The Hall–Kier alpha value is -3.64. The van der Waals surface area contributed by atoms with Crippen LogP contribution in [0.4, 0.5) is 5.69 Å². The van der Waals surface area contributed by atoms with Crippen LogP contribution in [-0.4, -0.2) is 37.0 Å². The third-order valence-corrected chi connectivity index (χ3v) is 6.65. The van der Waals surface area contributed by atoms with Gasteiger partial charge in [0, 0.05) is 49.2 Å². The number of para-hydroxylation sites is 1. The number of furan rings is 1. The number of anilines is 1. The number of piperazine rings is 1. The molecule has 1 aliphatic heterocycles. The van der Waals surface area contributed by atoms with Gasteiger partial charge in [-0.05, 0) is 58.8 Å². The number of rotatable bonds is 5. The average molecular weight is 498 g/mol. The Bertz CT molecular complexity index is 1520. The molecule has 0 unspecified atom stereocenters. The molecule has 2 N–H and O–H groups in total. The van der Waals surface area contributed by atoms with Gasteiger partial charge in [-0.25, -0.2) is 0 Å². The Morgan fingerprint density at radius 1 is 0.833 bits per heavy atom. The van der Waals surface area contributed by atoms with Crippen molar-refractivity contribution in [2.24, 2.45) is 0 Å². The Morgan fingerprint density at radius 3 is 2.47 bits per heavy atom. The van der Waals surface area contributed by atoms with Crippen LogP contribution in [0, 0.1) is 0 Å². The van der Waals surface area contributed by atoms with Crippen LogP contribution in [0.2, 0.25) is 0 Å². The molecule has 1 amide bonds. The summed E-state index contributed by atoms with van der Waals surface area (Å²) in [5.74, 6) is 0.603. The average Bonchev–Trinajstić information content (AvgIpc) is 3.32. The molecule has 182 valence electrons. The fourth-order valence-corrected chi connectivity index (χ4v) is 4.78. The van der Waals surface area contributed by atoms with Gasteiger partial charge in [-0.2, -0.15) is 0 Å². The highest BCUT2D eigenvalue weighted by atomic mass is 35.5. The van der Waals surface area contributed by atoms with Gasteiger partial charge in [-0.1, -0.05) is 48.5 Å². The maximum absolute atomic E-state index is 13.1. The topological polar surface area (TPSA) is 57.5 Å². The van der Waals surface area contributed by atoms with Crippen molar-refractivity contribution in [3.8, 4) is 11.3 Å². The molecule has 36 heavy (non-hydrogen) atoms. The fourth-order valence-electron chi connectivity index (χ4n) is 4.78. The largest absolute Gasteiger partial charge is 0.456 e. The van der Waals surface area contributed by atoms with Gasteiger partial charge in [0.2, 0.25) is 0 Å². The number of hydrogen-bond acceptors (Lipinski definition) is 4. The van der Waals surface area contributed by atoms with Crippen LogP contribution in [0.1, 0.15) is 15.9 Å². The van der Waals surface area contributed by atoms with E-state index in [0.29, 0.717) is 5.56 Å². The van der Waals surface area contributed by atoms with Gasteiger partial charge < -0.3 is 15.1 Å². The van der Waals surface area contributed by atoms with E-state index in [2.05, 4.69) is 33.7 Å². The first-order valence-corrected chi connectivity index (χ1v) is 12.1. The van der Waals surface area contributed by atoms with E-state index in [1.807, 2.05) is 72.8 Å². The highest BCUT2D eigenvalue weighted by Crippen LogP contribution is 2.33. The number of halogens is 1. The van der Waals surface area contributed by atoms with Crippen molar-refractivity contribution in [2.75, 3.05) is 31.5 Å². The molecule has 0 spiro atoms. The predicted molar refractivity (Wildman–Crippen MR) is 149 cm³/mol. The van der Waals surface area contributed by atoms with Crippen LogP contribution in [0.3, 0.4) is 0 Å². The molecule has 0 radical (unpaired) electrons. The summed E-state index contributed by atoms with van der Waals surface area (Å²) < 4.78 is 6.21. The van der Waals surface area contributed by atoms with Gasteiger partial charge in [-0.3, -0.25) is 9.69 Å². The molecule has 0 atom stereocenters. The van der Waals surface area contributed by atoms with Crippen molar-refractivity contribution in [3.63, 3.8) is 0 Å². The summed E-state index contributed by atoms with van der Waals surface area (Å²) in [6, 6.07) is 30.1. The van der Waals surface area contributed by atoms with Gasteiger partial charge in [0.05, 0.1) is 5.69 Å². The lowest BCUT2D eigenvalue weighted by atomic mass is 10.1. The number of carbonyl (C=O) groups excluding carboxylic acids is 1. The second-order valence-electron chi connectivity index (χ2n) is 9.07. The van der Waals surface area contributed by atoms with Gasteiger partial charge in [0.25, 0.3) is 5.91 Å². The maximum atomic E-state index is 13.1. The Morgan fingerprint density at radius 2 is 1.61 bits per heavy atom. The number of hydrogen-bond donors (Lipinski definition) is 2. The summed E-state index contributed by atoms with van der Waals surface area (Å²) >= 11 is 0. The molecule has 0 bridgehead atoms. The summed E-state index contributed by atoms with van der Waals surface area (Å²) in [5.41, 5.74) is 4.34. The van der Waals surface area contributed by atoms with Gasteiger partial charge in [-0.15, -0.1) is 12.4 Å². The van der Waals surface area contributed by atoms with Crippen LogP contribution in [0.25, 0.3) is 33.1 Å². The quantitative estimate of drug-likeness (QED) is 0.298. The Kier molecular flexibility index (Phi) is 7.05. The number of carbonyl (C=O) groups is 1. The van der Waals surface area contributed by atoms with E-state index in [0.717, 1.165) is 71.5 Å². The third kappa shape index (κ3) is 5.00. The second kappa shape index (κ2) is 10.5. The Balaban J connectivity index is 0.00000267. The SMILES string of the molecule is Cl.O=C(Nc1ccccc1-c1cc2cc(CN3CCNCC3)ccc2o1)c1ccc2ccccc2c1.